The van der Waals surface area contributed by atoms with Gasteiger partial charge in [0.2, 0.25) is 0 Å². The molecule has 0 aliphatic carbocycles. The van der Waals surface area contributed by atoms with Crippen LogP contribution in [0.2, 0.25) is 5.02 Å². The number of rotatable bonds is 5. The molecule has 33 heavy (non-hydrogen) atoms. The number of hydrogen-bond donors (Lipinski definition) is 1. The standard InChI is InChI=1S/C28H25ClN2O2/c29-25-9-5-4-8-23(25)21-10-11-27-24(18-21)26(19-28(32)33-27)30-22-13-16-31(17-14-22)15-12-20-6-2-1-3-7-20/h1-12,15,18-19,22,30H,13-14,16-17H2/b15-12+. The Labute approximate surface area is 198 Å². The number of fused-ring (bicyclic) bond motifs is 1. The molecule has 1 fully saturated rings. The topological polar surface area (TPSA) is 45.5 Å². The predicted molar refractivity (Wildman–Crippen MR) is 137 cm³/mol. The lowest BCUT2D eigenvalue weighted by Gasteiger charge is -2.32. The van der Waals surface area contributed by atoms with Crippen molar-refractivity contribution < 1.29 is 4.42 Å². The Morgan fingerprint density at radius 2 is 1.70 bits per heavy atom. The first kappa shape index (κ1) is 21.4. The lowest BCUT2D eigenvalue weighted by molar-refractivity contribution is 0.295. The minimum atomic E-state index is -0.348. The van der Waals surface area contributed by atoms with Crippen molar-refractivity contribution in [2.45, 2.75) is 18.9 Å². The highest BCUT2D eigenvalue weighted by atomic mass is 35.5. The van der Waals surface area contributed by atoms with Crippen LogP contribution in [-0.2, 0) is 0 Å². The van der Waals surface area contributed by atoms with Crippen molar-refractivity contribution in [3.05, 3.63) is 106 Å². The van der Waals surface area contributed by atoms with Gasteiger partial charge in [0, 0.05) is 41.2 Å². The van der Waals surface area contributed by atoms with Gasteiger partial charge in [0.1, 0.15) is 5.58 Å². The normalized spacial score (nSPS) is 14.8. The summed E-state index contributed by atoms with van der Waals surface area (Å²) in [6.07, 6.45) is 6.31. The average Bonchev–Trinajstić information content (AvgIpc) is 2.84. The predicted octanol–water partition coefficient (Wildman–Crippen LogP) is 6.66. The first-order chi connectivity index (χ1) is 16.2. The Bertz CT molecular complexity index is 1340. The van der Waals surface area contributed by atoms with Crippen LogP contribution in [0.5, 0.6) is 0 Å². The SMILES string of the molecule is O=c1cc(NC2CCN(/C=C/c3ccccc3)CC2)c2cc(-c3ccccc3Cl)ccc2o1. The van der Waals surface area contributed by atoms with Gasteiger partial charge in [-0.05, 0) is 54.4 Å². The molecule has 3 aromatic carbocycles. The van der Waals surface area contributed by atoms with Gasteiger partial charge in [0.25, 0.3) is 0 Å². The van der Waals surface area contributed by atoms with E-state index in [-0.39, 0.29) is 5.63 Å². The molecule has 166 valence electrons. The van der Waals surface area contributed by atoms with Gasteiger partial charge in [-0.3, -0.25) is 0 Å². The largest absolute Gasteiger partial charge is 0.423 e. The zero-order valence-electron chi connectivity index (χ0n) is 18.2. The van der Waals surface area contributed by atoms with Crippen molar-refractivity contribution in [1.29, 1.82) is 0 Å². The van der Waals surface area contributed by atoms with E-state index >= 15 is 0 Å². The molecule has 2 heterocycles. The van der Waals surface area contributed by atoms with Crippen LogP contribution in [0.1, 0.15) is 18.4 Å². The first-order valence-corrected chi connectivity index (χ1v) is 11.6. The third-order valence-corrected chi connectivity index (χ3v) is 6.42. The number of piperidine rings is 1. The van der Waals surface area contributed by atoms with Crippen molar-refractivity contribution in [1.82, 2.24) is 4.90 Å². The van der Waals surface area contributed by atoms with Crippen molar-refractivity contribution in [3.8, 4) is 11.1 Å². The second kappa shape index (κ2) is 9.55. The van der Waals surface area contributed by atoms with E-state index in [1.54, 1.807) is 6.07 Å². The monoisotopic (exact) mass is 456 g/mol. The lowest BCUT2D eigenvalue weighted by Crippen LogP contribution is -2.36. The number of anilines is 1. The van der Waals surface area contributed by atoms with E-state index < -0.39 is 0 Å². The Morgan fingerprint density at radius 1 is 0.939 bits per heavy atom. The van der Waals surface area contributed by atoms with Gasteiger partial charge in [-0.1, -0.05) is 66.2 Å². The average molecular weight is 457 g/mol. The molecule has 4 nitrogen and oxygen atoms in total. The van der Waals surface area contributed by atoms with Crippen molar-refractivity contribution in [2.24, 2.45) is 0 Å². The lowest BCUT2D eigenvalue weighted by atomic mass is 10.0. The summed E-state index contributed by atoms with van der Waals surface area (Å²) in [5, 5.41) is 5.19. The summed E-state index contributed by atoms with van der Waals surface area (Å²) in [4.78, 5) is 14.5. The molecule has 1 N–H and O–H groups in total. The van der Waals surface area contributed by atoms with E-state index in [1.165, 1.54) is 5.56 Å². The number of nitrogens with zero attached hydrogens (tertiary/aromatic N) is 1. The highest BCUT2D eigenvalue weighted by Crippen LogP contribution is 2.32. The minimum Gasteiger partial charge on any atom is -0.423 e. The number of benzene rings is 3. The highest BCUT2D eigenvalue weighted by Gasteiger charge is 2.19. The van der Waals surface area contributed by atoms with E-state index in [2.05, 4.69) is 34.6 Å². The summed E-state index contributed by atoms with van der Waals surface area (Å²) < 4.78 is 5.46. The van der Waals surface area contributed by atoms with Crippen molar-refractivity contribution in [3.63, 3.8) is 0 Å². The van der Waals surface area contributed by atoms with Gasteiger partial charge in [-0.15, -0.1) is 0 Å². The molecular weight excluding hydrogens is 432 g/mol. The summed E-state index contributed by atoms with van der Waals surface area (Å²) in [6, 6.07) is 25.8. The molecule has 5 rings (SSSR count). The molecule has 0 unspecified atom stereocenters. The molecule has 0 bridgehead atoms. The maximum atomic E-state index is 12.2. The second-order valence-corrected chi connectivity index (χ2v) is 8.76. The van der Waals surface area contributed by atoms with Crippen LogP contribution in [0.25, 0.3) is 28.2 Å². The van der Waals surface area contributed by atoms with Gasteiger partial charge in [-0.25, -0.2) is 4.79 Å². The van der Waals surface area contributed by atoms with Crippen molar-refractivity contribution in [2.75, 3.05) is 18.4 Å². The number of likely N-dealkylation sites (tertiary alicyclic amines) is 1. The molecule has 1 saturated heterocycles. The number of halogens is 1. The molecule has 0 atom stereocenters. The minimum absolute atomic E-state index is 0.292. The molecule has 0 spiro atoms. The third-order valence-electron chi connectivity index (χ3n) is 6.09. The molecule has 0 radical (unpaired) electrons. The van der Waals surface area contributed by atoms with E-state index in [4.69, 9.17) is 16.0 Å². The van der Waals surface area contributed by atoms with Crippen LogP contribution in [0, 0.1) is 0 Å². The Morgan fingerprint density at radius 3 is 2.48 bits per heavy atom. The molecule has 4 aromatic rings. The van der Waals surface area contributed by atoms with Crippen LogP contribution in [0.3, 0.4) is 0 Å². The molecule has 0 saturated carbocycles. The van der Waals surface area contributed by atoms with Crippen LogP contribution in [0.4, 0.5) is 5.69 Å². The van der Waals surface area contributed by atoms with E-state index in [0.717, 1.165) is 48.1 Å². The number of nitrogens with one attached hydrogen (secondary N) is 1. The van der Waals surface area contributed by atoms with Gasteiger partial charge >= 0.3 is 5.63 Å². The summed E-state index contributed by atoms with van der Waals surface area (Å²) >= 11 is 6.41. The smallest absolute Gasteiger partial charge is 0.338 e. The fraction of sp³-hybridized carbons (Fsp3) is 0.179. The summed E-state index contributed by atoms with van der Waals surface area (Å²) in [6.45, 7) is 1.93. The molecule has 1 aliphatic heterocycles. The zero-order chi connectivity index (χ0) is 22.6. The first-order valence-electron chi connectivity index (χ1n) is 11.2. The maximum absolute atomic E-state index is 12.2. The molecule has 0 amide bonds. The molecular formula is C28H25ClN2O2. The van der Waals surface area contributed by atoms with E-state index in [0.29, 0.717) is 16.6 Å². The van der Waals surface area contributed by atoms with E-state index in [9.17, 15) is 4.79 Å². The zero-order valence-corrected chi connectivity index (χ0v) is 19.0. The third kappa shape index (κ3) is 4.96. The van der Waals surface area contributed by atoms with Crippen LogP contribution >= 0.6 is 11.6 Å². The van der Waals surface area contributed by atoms with Crippen molar-refractivity contribution >= 4 is 34.3 Å². The van der Waals surface area contributed by atoms with Crippen LogP contribution < -0.4 is 10.9 Å². The summed E-state index contributed by atoms with van der Waals surface area (Å²) in [7, 11) is 0. The Hall–Kier alpha value is -3.50. The van der Waals surface area contributed by atoms with Gasteiger partial charge in [-0.2, -0.15) is 0 Å². The molecule has 1 aliphatic rings. The maximum Gasteiger partial charge on any atom is 0.338 e. The summed E-state index contributed by atoms with van der Waals surface area (Å²) in [5.74, 6) is 0. The number of hydrogen-bond acceptors (Lipinski definition) is 4. The fourth-order valence-electron chi connectivity index (χ4n) is 4.31. The van der Waals surface area contributed by atoms with Gasteiger partial charge in [0.05, 0.1) is 5.69 Å². The Balaban J connectivity index is 1.33. The molecule has 5 heteroatoms. The Kier molecular flexibility index (Phi) is 6.18. The van der Waals surface area contributed by atoms with Crippen LogP contribution in [-0.4, -0.2) is 24.0 Å². The highest BCUT2D eigenvalue weighted by molar-refractivity contribution is 6.33. The summed E-state index contributed by atoms with van der Waals surface area (Å²) in [5.41, 5.74) is 4.19. The van der Waals surface area contributed by atoms with Crippen LogP contribution in [0.15, 0.2) is 94.3 Å². The van der Waals surface area contributed by atoms with E-state index in [1.807, 2.05) is 60.7 Å². The second-order valence-electron chi connectivity index (χ2n) is 8.35. The van der Waals surface area contributed by atoms with Gasteiger partial charge < -0.3 is 14.6 Å². The fourth-order valence-corrected chi connectivity index (χ4v) is 4.56. The van der Waals surface area contributed by atoms with Gasteiger partial charge in [0.15, 0.2) is 0 Å². The molecule has 1 aromatic heterocycles. The quantitative estimate of drug-likeness (QED) is 0.341.